The number of hydrogen-bond donors (Lipinski definition) is 2. The van der Waals surface area contributed by atoms with Crippen LogP contribution in [0.2, 0.25) is 0 Å². The summed E-state index contributed by atoms with van der Waals surface area (Å²) in [4.78, 5) is 24.6. The van der Waals surface area contributed by atoms with Gasteiger partial charge in [-0.25, -0.2) is 4.98 Å². The summed E-state index contributed by atoms with van der Waals surface area (Å²) in [5.74, 6) is 0.613. The molecule has 2 aliphatic heterocycles. The van der Waals surface area contributed by atoms with Crippen LogP contribution in [0.1, 0.15) is 40.2 Å². The first-order chi connectivity index (χ1) is 17.5. The maximum absolute atomic E-state index is 12.5. The van der Waals surface area contributed by atoms with Gasteiger partial charge in [0, 0.05) is 47.6 Å². The molecular formula is C30H32N4O2. The lowest BCUT2D eigenvalue weighted by Gasteiger charge is -2.35. The van der Waals surface area contributed by atoms with Crippen LogP contribution in [0.25, 0.3) is 33.3 Å². The van der Waals surface area contributed by atoms with Crippen molar-refractivity contribution < 1.29 is 9.90 Å². The molecule has 0 radical (unpaired) electrons. The van der Waals surface area contributed by atoms with E-state index in [1.807, 2.05) is 36.7 Å². The smallest absolute Gasteiger partial charge is 0.254 e. The number of H-pyrrole nitrogens is 1. The fourth-order valence-electron chi connectivity index (χ4n) is 5.63. The van der Waals surface area contributed by atoms with Gasteiger partial charge in [0.25, 0.3) is 5.91 Å². The summed E-state index contributed by atoms with van der Waals surface area (Å²) in [6, 6.07) is 16.8. The lowest BCUT2D eigenvalue weighted by Crippen LogP contribution is -2.53. The molecule has 184 valence electrons. The molecular weight excluding hydrogens is 448 g/mol. The molecule has 4 heterocycles. The first-order valence-electron chi connectivity index (χ1n) is 12.8. The van der Waals surface area contributed by atoms with Crippen molar-refractivity contribution in [1.82, 2.24) is 19.8 Å². The highest BCUT2D eigenvalue weighted by molar-refractivity contribution is 5.98. The van der Waals surface area contributed by atoms with Gasteiger partial charge in [-0.3, -0.25) is 4.79 Å². The average Bonchev–Trinajstić information content (AvgIpc) is 3.30. The third-order valence-corrected chi connectivity index (χ3v) is 7.88. The Labute approximate surface area is 211 Å². The Hall–Kier alpha value is -3.48. The zero-order valence-electron chi connectivity index (χ0n) is 20.9. The molecule has 0 spiro atoms. The van der Waals surface area contributed by atoms with Gasteiger partial charge in [0.05, 0.1) is 6.10 Å². The summed E-state index contributed by atoms with van der Waals surface area (Å²) in [7, 11) is 2.21. The monoisotopic (exact) mass is 480 g/mol. The Kier molecular flexibility index (Phi) is 5.86. The normalized spacial score (nSPS) is 17.5. The van der Waals surface area contributed by atoms with Crippen LogP contribution >= 0.6 is 0 Å². The number of pyridine rings is 1. The van der Waals surface area contributed by atoms with Gasteiger partial charge < -0.3 is 19.9 Å². The number of aromatic nitrogens is 2. The van der Waals surface area contributed by atoms with Crippen LogP contribution < -0.4 is 0 Å². The fraction of sp³-hybridized carbons (Fsp3) is 0.333. The quantitative estimate of drug-likeness (QED) is 0.439. The second kappa shape index (κ2) is 9.19. The third-order valence-electron chi connectivity index (χ3n) is 7.88. The van der Waals surface area contributed by atoms with Crippen molar-refractivity contribution >= 4 is 16.9 Å². The lowest BCUT2D eigenvalue weighted by atomic mass is 9.86. The number of β-amino-alcohol motifs (C(OH)–C–C–N with tert-alkyl or cyclic N) is 1. The summed E-state index contributed by atoms with van der Waals surface area (Å²) in [6.45, 7) is 5.39. The topological polar surface area (TPSA) is 72.5 Å². The number of aromatic amines is 1. The molecule has 4 aromatic rings. The van der Waals surface area contributed by atoms with Crippen LogP contribution in [0, 0.1) is 6.92 Å². The summed E-state index contributed by atoms with van der Waals surface area (Å²) in [6.07, 6.45) is 5.98. The van der Waals surface area contributed by atoms with E-state index in [2.05, 4.69) is 48.1 Å². The highest BCUT2D eigenvalue weighted by Gasteiger charge is 2.29. The minimum atomic E-state index is -0.393. The Morgan fingerprint density at radius 2 is 1.72 bits per heavy atom. The number of likely N-dealkylation sites (tertiary alicyclic amines) is 2. The zero-order valence-corrected chi connectivity index (χ0v) is 20.9. The van der Waals surface area contributed by atoms with Crippen molar-refractivity contribution in [3.8, 4) is 22.3 Å². The van der Waals surface area contributed by atoms with E-state index in [1.165, 1.54) is 42.6 Å². The van der Waals surface area contributed by atoms with E-state index < -0.39 is 6.10 Å². The second-order valence-corrected chi connectivity index (χ2v) is 10.4. The predicted molar refractivity (Wildman–Crippen MR) is 143 cm³/mol. The van der Waals surface area contributed by atoms with Gasteiger partial charge in [-0.15, -0.1) is 0 Å². The predicted octanol–water partition coefficient (Wildman–Crippen LogP) is 4.83. The van der Waals surface area contributed by atoms with Gasteiger partial charge in [-0.1, -0.05) is 30.3 Å². The van der Waals surface area contributed by atoms with Crippen molar-refractivity contribution in [3.63, 3.8) is 0 Å². The highest BCUT2D eigenvalue weighted by atomic mass is 16.3. The molecule has 0 aliphatic carbocycles. The van der Waals surface area contributed by atoms with Crippen molar-refractivity contribution in [1.29, 1.82) is 0 Å². The third kappa shape index (κ3) is 4.21. The maximum Gasteiger partial charge on any atom is 0.254 e. The van der Waals surface area contributed by atoms with E-state index in [4.69, 9.17) is 4.98 Å². The molecule has 2 aromatic carbocycles. The molecule has 0 saturated carbocycles. The Morgan fingerprint density at radius 1 is 1.00 bits per heavy atom. The number of carbonyl (C=O) groups is 1. The standard InChI is InChI=1S/C30H32N4O2/c1-19-13-23(7-8-26(19)21-9-11-33(2)12-10-21)24-14-27-28(16-32-29(27)31-15-24)20-3-5-22(6-4-20)30(36)34-17-25(35)18-34/h3-8,13-16,21,25,35H,9-12,17-18H2,1-2H3,(H,31,32). The van der Waals surface area contributed by atoms with Gasteiger partial charge in [-0.05, 0) is 86.3 Å². The SMILES string of the molecule is Cc1cc(-c2cnc3[nH]cc(-c4ccc(C(=O)N5CC(O)C5)cc4)c3c2)ccc1C1CCN(C)CC1. The van der Waals surface area contributed by atoms with Crippen LogP contribution in [0.3, 0.4) is 0 Å². The van der Waals surface area contributed by atoms with Gasteiger partial charge in [0.15, 0.2) is 0 Å². The van der Waals surface area contributed by atoms with E-state index in [0.717, 1.165) is 27.7 Å². The van der Waals surface area contributed by atoms with Crippen molar-refractivity contribution in [3.05, 3.63) is 77.6 Å². The molecule has 2 aliphatic rings. The largest absolute Gasteiger partial charge is 0.389 e. The molecule has 6 rings (SSSR count). The number of carbonyl (C=O) groups excluding carboxylic acids is 1. The van der Waals surface area contributed by atoms with Crippen LogP contribution in [0.5, 0.6) is 0 Å². The summed E-state index contributed by atoms with van der Waals surface area (Å²) in [5, 5.41) is 10.5. The average molecular weight is 481 g/mol. The van der Waals surface area contributed by atoms with Crippen LogP contribution in [0.15, 0.2) is 60.9 Å². The molecule has 2 fully saturated rings. The molecule has 2 saturated heterocycles. The molecule has 0 unspecified atom stereocenters. The number of amides is 1. The van der Waals surface area contributed by atoms with Crippen molar-refractivity contribution in [2.75, 3.05) is 33.2 Å². The van der Waals surface area contributed by atoms with Gasteiger partial charge >= 0.3 is 0 Å². The minimum Gasteiger partial charge on any atom is -0.389 e. The van der Waals surface area contributed by atoms with Gasteiger partial charge in [0.1, 0.15) is 5.65 Å². The number of nitrogens with one attached hydrogen (secondary N) is 1. The highest BCUT2D eigenvalue weighted by Crippen LogP contribution is 2.34. The first kappa shape index (κ1) is 23.0. The van der Waals surface area contributed by atoms with E-state index in [0.29, 0.717) is 24.6 Å². The number of aryl methyl sites for hydroxylation is 1. The number of hydrogen-bond acceptors (Lipinski definition) is 4. The number of aliphatic hydroxyl groups is 1. The van der Waals surface area contributed by atoms with E-state index in [-0.39, 0.29) is 5.91 Å². The molecule has 0 atom stereocenters. The Bertz CT molecular complexity index is 1410. The van der Waals surface area contributed by atoms with E-state index >= 15 is 0 Å². The molecule has 2 aromatic heterocycles. The summed E-state index contributed by atoms with van der Waals surface area (Å²) in [5.41, 5.74) is 8.71. The molecule has 1 amide bonds. The first-order valence-corrected chi connectivity index (χ1v) is 12.8. The fourth-order valence-corrected chi connectivity index (χ4v) is 5.63. The molecule has 6 heteroatoms. The summed E-state index contributed by atoms with van der Waals surface area (Å²) >= 11 is 0. The number of benzene rings is 2. The maximum atomic E-state index is 12.5. The number of fused-ring (bicyclic) bond motifs is 1. The molecule has 0 bridgehead atoms. The number of aliphatic hydroxyl groups excluding tert-OH is 1. The zero-order chi connectivity index (χ0) is 24.8. The Balaban J connectivity index is 1.27. The van der Waals surface area contributed by atoms with Crippen molar-refractivity contribution in [2.24, 2.45) is 0 Å². The lowest BCUT2D eigenvalue weighted by molar-refractivity contribution is 0.00590. The van der Waals surface area contributed by atoms with E-state index in [9.17, 15) is 9.90 Å². The number of piperidine rings is 1. The minimum absolute atomic E-state index is 0.0335. The van der Waals surface area contributed by atoms with E-state index in [1.54, 1.807) is 4.90 Å². The number of rotatable bonds is 4. The molecule has 6 nitrogen and oxygen atoms in total. The van der Waals surface area contributed by atoms with Crippen LogP contribution in [0.4, 0.5) is 0 Å². The Morgan fingerprint density at radius 3 is 2.42 bits per heavy atom. The number of nitrogens with zero attached hydrogens (tertiary/aromatic N) is 3. The summed E-state index contributed by atoms with van der Waals surface area (Å²) < 4.78 is 0. The molecule has 36 heavy (non-hydrogen) atoms. The second-order valence-electron chi connectivity index (χ2n) is 10.4. The van der Waals surface area contributed by atoms with Gasteiger partial charge in [0.2, 0.25) is 0 Å². The van der Waals surface area contributed by atoms with Crippen LogP contribution in [-0.2, 0) is 0 Å². The van der Waals surface area contributed by atoms with Crippen LogP contribution in [-0.4, -0.2) is 70.1 Å². The van der Waals surface area contributed by atoms with Crippen molar-refractivity contribution in [2.45, 2.75) is 31.8 Å². The van der Waals surface area contributed by atoms with Gasteiger partial charge in [-0.2, -0.15) is 0 Å². The molecule has 2 N–H and O–H groups in total.